The fraction of sp³-hybridized carbons (Fsp3) is 0.433. The smallest absolute Gasteiger partial charge is 0.409 e. The predicted octanol–water partition coefficient (Wildman–Crippen LogP) is 4.92. The van der Waals surface area contributed by atoms with Gasteiger partial charge in [0.05, 0.1) is 23.4 Å². The number of nitrogens with zero attached hydrogens (tertiary/aromatic N) is 4. The van der Waals surface area contributed by atoms with Gasteiger partial charge in [0.2, 0.25) is 0 Å². The van der Waals surface area contributed by atoms with Crippen molar-refractivity contribution in [1.29, 1.82) is 0 Å². The Balaban J connectivity index is 1.22. The fourth-order valence-electron chi connectivity index (χ4n) is 5.31. The van der Waals surface area contributed by atoms with Crippen molar-refractivity contribution in [2.45, 2.75) is 32.7 Å². The average molecular weight is 501 g/mol. The van der Waals surface area contributed by atoms with Crippen molar-refractivity contribution in [2.75, 3.05) is 45.9 Å². The molecule has 2 amide bonds. The van der Waals surface area contributed by atoms with Gasteiger partial charge in [-0.3, -0.25) is 9.69 Å². The lowest BCUT2D eigenvalue weighted by Gasteiger charge is -2.42. The Morgan fingerprint density at radius 3 is 2.27 bits per heavy atom. The maximum Gasteiger partial charge on any atom is 0.409 e. The molecule has 7 nitrogen and oxygen atoms in total. The van der Waals surface area contributed by atoms with Gasteiger partial charge >= 0.3 is 6.09 Å². The second-order valence-electron chi connectivity index (χ2n) is 10.5. The number of carbonyl (C=O) groups is 2. The summed E-state index contributed by atoms with van der Waals surface area (Å²) in [6.07, 6.45) is 1.70. The molecular weight excluding hydrogens is 464 g/mol. The van der Waals surface area contributed by atoms with E-state index >= 15 is 0 Å². The third-order valence-corrected chi connectivity index (χ3v) is 7.40. The molecule has 0 saturated carbocycles. The summed E-state index contributed by atoms with van der Waals surface area (Å²) in [6, 6.07) is 20.3. The number of ether oxygens (including phenoxy) is 1. The van der Waals surface area contributed by atoms with Crippen molar-refractivity contribution in [3.8, 4) is 11.3 Å². The highest BCUT2D eigenvalue weighted by Crippen LogP contribution is 2.27. The van der Waals surface area contributed by atoms with Crippen LogP contribution in [0, 0.1) is 5.92 Å². The SMILES string of the molecule is CC(C)COC(=O)N1CCC(N2CCN(C(=O)c3cc(-c4ccccc4)nc4ccccc34)CC2)CC1. The highest BCUT2D eigenvalue weighted by Gasteiger charge is 2.31. The molecule has 0 aliphatic carbocycles. The summed E-state index contributed by atoms with van der Waals surface area (Å²) >= 11 is 0. The topological polar surface area (TPSA) is 66.0 Å². The number of rotatable bonds is 5. The molecule has 2 fully saturated rings. The number of hydrogen-bond acceptors (Lipinski definition) is 5. The number of carbonyl (C=O) groups excluding carboxylic acids is 2. The standard InChI is InChI=1S/C30H36N4O3/c1-22(2)21-37-30(36)34-14-12-24(13-15-34)32-16-18-33(19-17-32)29(35)26-20-28(23-8-4-3-5-9-23)31-27-11-7-6-10-25(26)27/h3-11,20,22,24H,12-19,21H2,1-2H3. The minimum Gasteiger partial charge on any atom is -0.449 e. The Bertz CT molecular complexity index is 1230. The maximum atomic E-state index is 13.7. The van der Waals surface area contributed by atoms with E-state index in [0.717, 1.165) is 61.2 Å². The third-order valence-electron chi connectivity index (χ3n) is 7.40. The van der Waals surface area contributed by atoms with Crippen LogP contribution in [0.25, 0.3) is 22.2 Å². The van der Waals surface area contributed by atoms with E-state index in [4.69, 9.17) is 9.72 Å². The Kier molecular flexibility index (Phi) is 7.70. The van der Waals surface area contributed by atoms with Crippen LogP contribution in [-0.4, -0.2) is 83.6 Å². The molecule has 2 aliphatic rings. The first-order chi connectivity index (χ1) is 18.0. The molecule has 0 atom stereocenters. The van der Waals surface area contributed by atoms with E-state index in [1.54, 1.807) is 0 Å². The lowest BCUT2D eigenvalue weighted by Crippen LogP contribution is -2.54. The Labute approximate surface area is 219 Å². The molecular formula is C30H36N4O3. The zero-order valence-corrected chi connectivity index (χ0v) is 21.8. The molecule has 2 aliphatic heterocycles. The maximum absolute atomic E-state index is 13.7. The third kappa shape index (κ3) is 5.77. The molecule has 2 aromatic carbocycles. The summed E-state index contributed by atoms with van der Waals surface area (Å²) in [5.74, 6) is 0.411. The van der Waals surface area contributed by atoms with Gasteiger partial charge in [0.15, 0.2) is 0 Å². The van der Waals surface area contributed by atoms with Crippen LogP contribution in [0.2, 0.25) is 0 Å². The number of para-hydroxylation sites is 1. The van der Waals surface area contributed by atoms with Crippen LogP contribution in [0.15, 0.2) is 60.7 Å². The van der Waals surface area contributed by atoms with Crippen molar-refractivity contribution in [2.24, 2.45) is 5.92 Å². The van der Waals surface area contributed by atoms with Gasteiger partial charge in [-0.15, -0.1) is 0 Å². The quantitative estimate of drug-likeness (QED) is 0.498. The van der Waals surface area contributed by atoms with Crippen molar-refractivity contribution >= 4 is 22.9 Å². The van der Waals surface area contributed by atoms with Gasteiger partial charge in [-0.25, -0.2) is 9.78 Å². The normalized spacial score (nSPS) is 17.4. The van der Waals surface area contributed by atoms with Gasteiger partial charge in [-0.1, -0.05) is 62.4 Å². The summed E-state index contributed by atoms with van der Waals surface area (Å²) in [6.45, 7) is 9.12. The Hall–Kier alpha value is -3.45. The number of piperazine rings is 1. The molecule has 5 rings (SSSR count). The van der Waals surface area contributed by atoms with Crippen molar-refractivity contribution < 1.29 is 14.3 Å². The zero-order valence-electron chi connectivity index (χ0n) is 21.8. The predicted molar refractivity (Wildman–Crippen MR) is 145 cm³/mol. The van der Waals surface area contributed by atoms with E-state index < -0.39 is 0 Å². The number of piperidine rings is 1. The van der Waals surface area contributed by atoms with E-state index in [9.17, 15) is 9.59 Å². The van der Waals surface area contributed by atoms with Gasteiger partial charge < -0.3 is 14.5 Å². The Morgan fingerprint density at radius 1 is 0.892 bits per heavy atom. The summed E-state index contributed by atoms with van der Waals surface area (Å²) in [4.78, 5) is 37.1. The van der Waals surface area contributed by atoms with Gasteiger partial charge in [-0.05, 0) is 30.9 Å². The molecule has 1 aromatic heterocycles. The minimum atomic E-state index is -0.193. The first kappa shape index (κ1) is 25.2. The molecule has 0 bridgehead atoms. The van der Waals surface area contributed by atoms with Crippen LogP contribution in [0.1, 0.15) is 37.0 Å². The Morgan fingerprint density at radius 2 is 1.57 bits per heavy atom. The summed E-state index contributed by atoms with van der Waals surface area (Å²) in [5, 5.41) is 0.895. The van der Waals surface area contributed by atoms with Crippen LogP contribution in [-0.2, 0) is 4.74 Å². The molecule has 37 heavy (non-hydrogen) atoms. The van der Waals surface area contributed by atoms with Gasteiger partial charge in [0, 0.05) is 56.3 Å². The first-order valence-electron chi connectivity index (χ1n) is 13.4. The van der Waals surface area contributed by atoms with E-state index in [0.29, 0.717) is 37.2 Å². The van der Waals surface area contributed by atoms with E-state index in [1.807, 2.05) is 84.3 Å². The van der Waals surface area contributed by atoms with Crippen LogP contribution < -0.4 is 0 Å². The van der Waals surface area contributed by atoms with Crippen LogP contribution >= 0.6 is 0 Å². The largest absolute Gasteiger partial charge is 0.449 e. The first-order valence-corrected chi connectivity index (χ1v) is 13.4. The summed E-state index contributed by atoms with van der Waals surface area (Å²) in [7, 11) is 0. The van der Waals surface area contributed by atoms with E-state index in [2.05, 4.69) is 4.90 Å². The molecule has 0 radical (unpaired) electrons. The number of hydrogen-bond donors (Lipinski definition) is 0. The number of likely N-dealkylation sites (tertiary alicyclic amines) is 1. The van der Waals surface area contributed by atoms with Crippen LogP contribution in [0.4, 0.5) is 4.79 Å². The summed E-state index contributed by atoms with van der Waals surface area (Å²) < 4.78 is 5.40. The average Bonchev–Trinajstić information content (AvgIpc) is 2.95. The molecule has 194 valence electrons. The number of pyridine rings is 1. The molecule has 2 saturated heterocycles. The molecule has 0 spiro atoms. The van der Waals surface area contributed by atoms with Crippen molar-refractivity contribution in [1.82, 2.24) is 19.7 Å². The molecule has 0 unspecified atom stereocenters. The van der Waals surface area contributed by atoms with E-state index in [1.165, 1.54) is 0 Å². The lowest BCUT2D eigenvalue weighted by molar-refractivity contribution is 0.0397. The number of benzene rings is 2. The van der Waals surface area contributed by atoms with Crippen LogP contribution in [0.5, 0.6) is 0 Å². The van der Waals surface area contributed by atoms with Crippen molar-refractivity contribution in [3.05, 3.63) is 66.2 Å². The summed E-state index contributed by atoms with van der Waals surface area (Å²) in [5.41, 5.74) is 3.38. The highest BCUT2D eigenvalue weighted by molar-refractivity contribution is 6.07. The molecule has 3 aromatic rings. The fourth-order valence-corrected chi connectivity index (χ4v) is 5.31. The van der Waals surface area contributed by atoms with Crippen molar-refractivity contribution in [3.63, 3.8) is 0 Å². The zero-order chi connectivity index (χ0) is 25.8. The van der Waals surface area contributed by atoms with Gasteiger partial charge in [-0.2, -0.15) is 0 Å². The number of amides is 2. The number of aromatic nitrogens is 1. The van der Waals surface area contributed by atoms with Gasteiger partial charge in [0.1, 0.15) is 0 Å². The number of fused-ring (bicyclic) bond motifs is 1. The lowest BCUT2D eigenvalue weighted by atomic mass is 10.0. The second kappa shape index (κ2) is 11.3. The van der Waals surface area contributed by atoms with Crippen LogP contribution in [0.3, 0.4) is 0 Å². The second-order valence-corrected chi connectivity index (χ2v) is 10.5. The highest BCUT2D eigenvalue weighted by atomic mass is 16.6. The van der Waals surface area contributed by atoms with E-state index in [-0.39, 0.29) is 12.0 Å². The monoisotopic (exact) mass is 500 g/mol. The molecule has 0 N–H and O–H groups in total. The molecule has 7 heteroatoms. The van der Waals surface area contributed by atoms with Gasteiger partial charge in [0.25, 0.3) is 5.91 Å². The minimum absolute atomic E-state index is 0.0677. The molecule has 3 heterocycles.